The summed E-state index contributed by atoms with van der Waals surface area (Å²) >= 11 is 0. The third-order valence-electron chi connectivity index (χ3n) is 5.57. The van der Waals surface area contributed by atoms with Crippen molar-refractivity contribution in [3.8, 4) is 22.6 Å². The van der Waals surface area contributed by atoms with Crippen LogP contribution in [0.4, 0.5) is 11.5 Å². The van der Waals surface area contributed by atoms with E-state index in [0.717, 1.165) is 33.3 Å². The van der Waals surface area contributed by atoms with E-state index in [4.69, 9.17) is 10.5 Å². The Hall–Kier alpha value is -4.71. The van der Waals surface area contributed by atoms with Gasteiger partial charge < -0.3 is 15.8 Å². The summed E-state index contributed by atoms with van der Waals surface area (Å²) in [4.78, 5) is 21.3. The van der Waals surface area contributed by atoms with Gasteiger partial charge in [-0.2, -0.15) is 0 Å². The van der Waals surface area contributed by atoms with Crippen molar-refractivity contribution in [2.45, 2.75) is 6.92 Å². The number of carbonyl (C=O) groups excluding carboxylic acids is 1. The maximum absolute atomic E-state index is 13.0. The number of para-hydroxylation sites is 1. The highest BCUT2D eigenvalue weighted by Crippen LogP contribution is 2.29. The van der Waals surface area contributed by atoms with Gasteiger partial charge in [-0.1, -0.05) is 30.3 Å². The Bertz CT molecular complexity index is 1480. The van der Waals surface area contributed by atoms with Crippen LogP contribution in [0.25, 0.3) is 22.0 Å². The normalized spacial score (nSPS) is 10.7. The van der Waals surface area contributed by atoms with E-state index in [1.807, 2.05) is 97.9 Å². The van der Waals surface area contributed by atoms with Crippen LogP contribution in [-0.2, 0) is 0 Å². The molecule has 0 atom stereocenters. The molecule has 0 saturated heterocycles. The number of nitrogen functional groups attached to an aromatic ring is 1. The minimum Gasteiger partial charge on any atom is -0.457 e. The Labute approximate surface area is 197 Å². The van der Waals surface area contributed by atoms with Crippen LogP contribution in [0, 0.1) is 6.92 Å². The van der Waals surface area contributed by atoms with Crippen LogP contribution in [-0.4, -0.2) is 15.9 Å². The summed E-state index contributed by atoms with van der Waals surface area (Å²) in [5.74, 6) is 1.69. The molecule has 166 valence electrons. The molecular weight excluding hydrogens is 424 g/mol. The molecule has 0 aliphatic carbocycles. The van der Waals surface area contributed by atoms with E-state index in [1.54, 1.807) is 0 Å². The predicted molar refractivity (Wildman–Crippen MR) is 135 cm³/mol. The van der Waals surface area contributed by atoms with Crippen LogP contribution >= 0.6 is 0 Å². The minimum atomic E-state index is -0.193. The Morgan fingerprint density at radius 1 is 0.853 bits per heavy atom. The molecule has 0 radical (unpaired) electrons. The number of benzene rings is 4. The number of amides is 1. The zero-order valence-electron chi connectivity index (χ0n) is 18.5. The molecule has 0 aliphatic heterocycles. The molecule has 1 aromatic heterocycles. The van der Waals surface area contributed by atoms with Gasteiger partial charge in [-0.25, -0.2) is 9.97 Å². The number of carbonyl (C=O) groups is 1. The quantitative estimate of drug-likeness (QED) is 0.334. The van der Waals surface area contributed by atoms with Crippen LogP contribution in [0.5, 0.6) is 11.5 Å². The monoisotopic (exact) mass is 446 g/mol. The lowest BCUT2D eigenvalue weighted by Crippen LogP contribution is -2.12. The van der Waals surface area contributed by atoms with Crippen molar-refractivity contribution in [3.63, 3.8) is 0 Å². The van der Waals surface area contributed by atoms with E-state index in [2.05, 4.69) is 15.3 Å². The Morgan fingerprint density at radius 2 is 1.62 bits per heavy atom. The van der Waals surface area contributed by atoms with Gasteiger partial charge in [-0.3, -0.25) is 4.79 Å². The molecule has 1 heterocycles. The van der Waals surface area contributed by atoms with Gasteiger partial charge >= 0.3 is 0 Å². The standard InChI is InChI=1S/C28H22N4O2/c1-18-7-8-20(16-24(18)19-9-14-26-25(15-19)27(29)31-17-30-26)28(33)32-21-10-12-23(13-11-21)34-22-5-3-2-4-6-22/h2-17H,1H3,(H,32,33)(H2,29,30,31). The number of nitrogens with two attached hydrogens (primary N) is 1. The second kappa shape index (κ2) is 9.03. The predicted octanol–water partition coefficient (Wildman–Crippen LogP) is 6.23. The average molecular weight is 447 g/mol. The summed E-state index contributed by atoms with van der Waals surface area (Å²) in [7, 11) is 0. The summed E-state index contributed by atoms with van der Waals surface area (Å²) in [6.07, 6.45) is 1.45. The van der Waals surface area contributed by atoms with Crippen molar-refractivity contribution < 1.29 is 9.53 Å². The smallest absolute Gasteiger partial charge is 0.255 e. The number of anilines is 2. The molecule has 0 spiro atoms. The van der Waals surface area contributed by atoms with Crippen molar-refractivity contribution in [1.29, 1.82) is 0 Å². The van der Waals surface area contributed by atoms with Gasteiger partial charge in [0.05, 0.1) is 5.52 Å². The largest absolute Gasteiger partial charge is 0.457 e. The van der Waals surface area contributed by atoms with Gasteiger partial charge in [-0.15, -0.1) is 0 Å². The van der Waals surface area contributed by atoms with Gasteiger partial charge in [0.15, 0.2) is 0 Å². The van der Waals surface area contributed by atoms with Crippen molar-refractivity contribution in [1.82, 2.24) is 9.97 Å². The van der Waals surface area contributed by atoms with E-state index in [-0.39, 0.29) is 5.91 Å². The molecule has 0 saturated carbocycles. The van der Waals surface area contributed by atoms with Crippen LogP contribution in [0.2, 0.25) is 0 Å². The second-order valence-electron chi connectivity index (χ2n) is 7.91. The van der Waals surface area contributed by atoms with Crippen LogP contribution in [0.1, 0.15) is 15.9 Å². The highest BCUT2D eigenvalue weighted by atomic mass is 16.5. The zero-order valence-corrected chi connectivity index (χ0v) is 18.5. The molecule has 3 N–H and O–H groups in total. The lowest BCUT2D eigenvalue weighted by molar-refractivity contribution is 0.102. The third-order valence-corrected chi connectivity index (χ3v) is 5.57. The first kappa shape index (κ1) is 21.2. The highest BCUT2D eigenvalue weighted by molar-refractivity contribution is 6.05. The molecule has 0 aliphatic rings. The number of hydrogen-bond acceptors (Lipinski definition) is 5. The van der Waals surface area contributed by atoms with E-state index >= 15 is 0 Å². The lowest BCUT2D eigenvalue weighted by Gasteiger charge is -2.12. The second-order valence-corrected chi connectivity index (χ2v) is 7.91. The molecular formula is C28H22N4O2. The molecule has 6 heteroatoms. The average Bonchev–Trinajstić information content (AvgIpc) is 2.86. The highest BCUT2D eigenvalue weighted by Gasteiger charge is 2.12. The van der Waals surface area contributed by atoms with E-state index in [1.165, 1.54) is 6.33 Å². The first-order valence-electron chi connectivity index (χ1n) is 10.8. The van der Waals surface area contributed by atoms with Crippen molar-refractivity contribution in [2.75, 3.05) is 11.1 Å². The number of aromatic nitrogens is 2. The van der Waals surface area contributed by atoms with Gasteiger partial charge in [0.2, 0.25) is 0 Å². The molecule has 6 nitrogen and oxygen atoms in total. The van der Waals surface area contributed by atoms with Crippen molar-refractivity contribution in [2.24, 2.45) is 0 Å². The Kier molecular flexibility index (Phi) is 5.62. The van der Waals surface area contributed by atoms with Gasteiger partial charge in [0.1, 0.15) is 23.6 Å². The fourth-order valence-electron chi connectivity index (χ4n) is 3.75. The van der Waals surface area contributed by atoms with Crippen molar-refractivity contribution in [3.05, 3.63) is 108 Å². The first-order chi connectivity index (χ1) is 16.6. The van der Waals surface area contributed by atoms with Gasteiger partial charge in [0.25, 0.3) is 5.91 Å². The van der Waals surface area contributed by atoms with Crippen LogP contribution in [0.15, 0.2) is 97.3 Å². The molecule has 5 aromatic rings. The number of nitrogens with zero attached hydrogens (tertiary/aromatic N) is 2. The summed E-state index contributed by atoms with van der Waals surface area (Å²) in [5, 5.41) is 3.74. The number of fused-ring (bicyclic) bond motifs is 1. The van der Waals surface area contributed by atoms with E-state index in [0.29, 0.717) is 22.8 Å². The maximum atomic E-state index is 13.0. The molecule has 0 bridgehead atoms. The van der Waals surface area contributed by atoms with Crippen molar-refractivity contribution >= 4 is 28.3 Å². The minimum absolute atomic E-state index is 0.193. The maximum Gasteiger partial charge on any atom is 0.255 e. The molecule has 4 aromatic carbocycles. The molecule has 34 heavy (non-hydrogen) atoms. The van der Waals surface area contributed by atoms with Gasteiger partial charge in [-0.05, 0) is 84.3 Å². The summed E-state index contributed by atoms with van der Waals surface area (Å²) < 4.78 is 5.81. The van der Waals surface area contributed by atoms with E-state index < -0.39 is 0 Å². The summed E-state index contributed by atoms with van der Waals surface area (Å²) in [6, 6.07) is 28.3. The molecule has 5 rings (SSSR count). The summed E-state index contributed by atoms with van der Waals surface area (Å²) in [5.41, 5.74) is 11.0. The lowest BCUT2D eigenvalue weighted by atomic mass is 9.96. The first-order valence-corrected chi connectivity index (χ1v) is 10.8. The molecule has 0 unspecified atom stereocenters. The zero-order chi connectivity index (χ0) is 23.5. The Morgan fingerprint density at radius 3 is 2.41 bits per heavy atom. The third kappa shape index (κ3) is 4.42. The van der Waals surface area contributed by atoms with Crippen LogP contribution < -0.4 is 15.8 Å². The molecule has 1 amide bonds. The number of nitrogens with one attached hydrogen (secondary N) is 1. The topological polar surface area (TPSA) is 90.1 Å². The van der Waals surface area contributed by atoms with Crippen LogP contribution in [0.3, 0.4) is 0 Å². The Balaban J connectivity index is 1.36. The fraction of sp³-hybridized carbons (Fsp3) is 0.0357. The number of hydrogen-bond donors (Lipinski definition) is 2. The fourth-order valence-corrected chi connectivity index (χ4v) is 3.75. The number of ether oxygens (including phenoxy) is 1. The van der Waals surface area contributed by atoms with E-state index in [9.17, 15) is 4.79 Å². The molecule has 0 fully saturated rings. The SMILES string of the molecule is Cc1ccc(C(=O)Nc2ccc(Oc3ccccc3)cc2)cc1-c1ccc2ncnc(N)c2c1. The van der Waals surface area contributed by atoms with Gasteiger partial charge in [0, 0.05) is 16.6 Å². The summed E-state index contributed by atoms with van der Waals surface area (Å²) in [6.45, 7) is 2.01. The number of aryl methyl sites for hydroxylation is 1. The number of rotatable bonds is 5.